The zero-order chi connectivity index (χ0) is 9.14. The van der Waals surface area contributed by atoms with Crippen LogP contribution in [0.4, 0.5) is 11.5 Å². The first-order valence-corrected chi connectivity index (χ1v) is 3.72. The van der Waals surface area contributed by atoms with Crippen LogP contribution >= 0.6 is 11.6 Å². The first kappa shape index (κ1) is 9.02. The summed E-state index contributed by atoms with van der Waals surface area (Å²) in [6.45, 7) is 0. The molecule has 0 spiro atoms. The highest BCUT2D eigenvalue weighted by molar-refractivity contribution is 6.29. The molecule has 0 unspecified atom stereocenters. The maximum atomic E-state index is 5.63. The van der Waals surface area contributed by atoms with Crippen LogP contribution in [0.3, 0.4) is 0 Å². The molecule has 0 amide bonds. The summed E-state index contributed by atoms with van der Waals surface area (Å²) >= 11 is 5.63. The van der Waals surface area contributed by atoms with E-state index in [1.165, 1.54) is 5.01 Å². The van der Waals surface area contributed by atoms with Crippen LogP contribution in [0.5, 0.6) is 0 Å². The van der Waals surface area contributed by atoms with Gasteiger partial charge in [0, 0.05) is 20.2 Å². The summed E-state index contributed by atoms with van der Waals surface area (Å²) in [5, 5.41) is 12.1. The van der Waals surface area contributed by atoms with E-state index in [0.29, 0.717) is 11.0 Å². The van der Waals surface area contributed by atoms with Crippen LogP contribution in [-0.4, -0.2) is 24.3 Å². The highest BCUT2D eigenvalue weighted by atomic mass is 35.5. The van der Waals surface area contributed by atoms with E-state index in [1.54, 1.807) is 20.2 Å². The molecule has 1 rings (SSSR count). The smallest absolute Gasteiger partial charge is 0.188 e. The summed E-state index contributed by atoms with van der Waals surface area (Å²) in [7, 11) is 3.44. The van der Waals surface area contributed by atoms with Gasteiger partial charge in [0.1, 0.15) is 0 Å². The quantitative estimate of drug-likeness (QED) is 0.521. The van der Waals surface area contributed by atoms with Gasteiger partial charge in [0.15, 0.2) is 11.0 Å². The van der Waals surface area contributed by atoms with Gasteiger partial charge in [0.05, 0.1) is 5.69 Å². The first-order chi connectivity index (χ1) is 5.65. The standard InChI is InChI=1S/C6H10ClN5/c1-9-4-3-5(7)10-11-6(4)12(2)8/h3H,8H2,1-2H3,(H,9,10). The number of hydrogen-bond donors (Lipinski definition) is 2. The minimum atomic E-state index is 0.338. The fourth-order valence-electron chi connectivity index (χ4n) is 0.806. The largest absolute Gasteiger partial charge is 0.385 e. The number of hydrogen-bond acceptors (Lipinski definition) is 5. The highest BCUT2D eigenvalue weighted by Crippen LogP contribution is 2.21. The average Bonchev–Trinajstić information content (AvgIpc) is 2.03. The summed E-state index contributed by atoms with van der Waals surface area (Å²) in [4.78, 5) is 0. The number of rotatable bonds is 2. The number of nitrogens with zero attached hydrogens (tertiary/aromatic N) is 3. The monoisotopic (exact) mass is 187 g/mol. The minimum Gasteiger partial charge on any atom is -0.385 e. The fraction of sp³-hybridized carbons (Fsp3) is 0.333. The molecule has 1 heterocycles. The van der Waals surface area contributed by atoms with Gasteiger partial charge in [-0.3, -0.25) is 5.01 Å². The minimum absolute atomic E-state index is 0.338. The molecule has 0 bridgehead atoms. The molecule has 66 valence electrons. The Bertz CT molecular complexity index is 275. The van der Waals surface area contributed by atoms with Crippen LogP contribution in [0, 0.1) is 0 Å². The van der Waals surface area contributed by atoms with Crippen LogP contribution in [0.2, 0.25) is 5.15 Å². The molecule has 0 aliphatic rings. The molecule has 6 heteroatoms. The molecule has 0 atom stereocenters. The van der Waals surface area contributed by atoms with Crippen LogP contribution in [0.25, 0.3) is 0 Å². The molecule has 1 aromatic rings. The molecule has 12 heavy (non-hydrogen) atoms. The van der Waals surface area contributed by atoms with Gasteiger partial charge in [-0.15, -0.1) is 10.2 Å². The third-order valence-electron chi connectivity index (χ3n) is 1.35. The van der Waals surface area contributed by atoms with Gasteiger partial charge in [-0.25, -0.2) is 5.84 Å². The van der Waals surface area contributed by atoms with Crippen molar-refractivity contribution in [3.05, 3.63) is 11.2 Å². The van der Waals surface area contributed by atoms with Crippen molar-refractivity contribution in [3.8, 4) is 0 Å². The summed E-state index contributed by atoms with van der Waals surface area (Å²) in [6, 6.07) is 1.66. The Morgan fingerprint density at radius 3 is 2.75 bits per heavy atom. The number of hydrazine groups is 1. The molecular weight excluding hydrogens is 178 g/mol. The zero-order valence-corrected chi connectivity index (χ0v) is 7.63. The predicted octanol–water partition coefficient (Wildman–Crippen LogP) is 0.482. The molecule has 3 N–H and O–H groups in total. The van der Waals surface area contributed by atoms with E-state index in [0.717, 1.165) is 5.69 Å². The van der Waals surface area contributed by atoms with Gasteiger partial charge >= 0.3 is 0 Å². The van der Waals surface area contributed by atoms with E-state index in [9.17, 15) is 0 Å². The van der Waals surface area contributed by atoms with Crippen LogP contribution in [0.1, 0.15) is 0 Å². The number of aromatic nitrogens is 2. The van der Waals surface area contributed by atoms with E-state index in [4.69, 9.17) is 17.4 Å². The maximum absolute atomic E-state index is 5.63. The number of anilines is 2. The number of halogens is 1. The van der Waals surface area contributed by atoms with E-state index >= 15 is 0 Å². The predicted molar refractivity (Wildman–Crippen MR) is 49.2 cm³/mol. The molecule has 0 aromatic carbocycles. The Balaban J connectivity index is 3.11. The first-order valence-electron chi connectivity index (χ1n) is 3.34. The van der Waals surface area contributed by atoms with Crippen molar-refractivity contribution >= 4 is 23.1 Å². The van der Waals surface area contributed by atoms with Gasteiger partial charge < -0.3 is 5.32 Å². The normalized spacial score (nSPS) is 9.67. The summed E-state index contributed by atoms with van der Waals surface area (Å²) in [5.74, 6) is 6.05. The van der Waals surface area contributed by atoms with Crippen LogP contribution in [-0.2, 0) is 0 Å². The number of nitrogens with two attached hydrogens (primary N) is 1. The number of nitrogens with one attached hydrogen (secondary N) is 1. The third-order valence-corrected chi connectivity index (χ3v) is 1.53. The van der Waals surface area contributed by atoms with Crippen LogP contribution < -0.4 is 16.2 Å². The summed E-state index contributed by atoms with van der Waals surface area (Å²) in [5.41, 5.74) is 0.750. The molecule has 0 saturated carbocycles. The van der Waals surface area contributed by atoms with Gasteiger partial charge in [0.25, 0.3) is 0 Å². The lowest BCUT2D eigenvalue weighted by atomic mass is 10.4. The van der Waals surface area contributed by atoms with Crippen molar-refractivity contribution in [2.24, 2.45) is 5.84 Å². The molecule has 0 aliphatic heterocycles. The SMILES string of the molecule is CNc1cc(Cl)nnc1N(C)N. The Hall–Kier alpha value is -1.07. The van der Waals surface area contributed by atoms with Crippen LogP contribution in [0.15, 0.2) is 6.07 Å². The molecule has 5 nitrogen and oxygen atoms in total. The lowest BCUT2D eigenvalue weighted by Gasteiger charge is -2.13. The second kappa shape index (κ2) is 3.55. The molecule has 0 aliphatic carbocycles. The van der Waals surface area contributed by atoms with Gasteiger partial charge in [0.2, 0.25) is 0 Å². The zero-order valence-electron chi connectivity index (χ0n) is 6.87. The van der Waals surface area contributed by atoms with E-state index in [1.807, 2.05) is 0 Å². The van der Waals surface area contributed by atoms with Crippen molar-refractivity contribution < 1.29 is 0 Å². The van der Waals surface area contributed by atoms with E-state index in [2.05, 4.69) is 15.5 Å². The Labute approximate surface area is 75.5 Å². The van der Waals surface area contributed by atoms with Gasteiger partial charge in [-0.1, -0.05) is 11.6 Å². The van der Waals surface area contributed by atoms with Crippen molar-refractivity contribution in [1.82, 2.24) is 10.2 Å². The lowest BCUT2D eigenvalue weighted by Crippen LogP contribution is -2.27. The highest BCUT2D eigenvalue weighted by Gasteiger charge is 2.06. The molecule has 0 radical (unpaired) electrons. The van der Waals surface area contributed by atoms with Crippen molar-refractivity contribution in [2.45, 2.75) is 0 Å². The molecule has 1 aromatic heterocycles. The second-order valence-corrected chi connectivity index (χ2v) is 2.65. The third kappa shape index (κ3) is 1.75. The maximum Gasteiger partial charge on any atom is 0.188 e. The molecule has 0 saturated heterocycles. The average molecular weight is 188 g/mol. The molecule has 0 fully saturated rings. The fourth-order valence-corrected chi connectivity index (χ4v) is 0.953. The molecular formula is C6H10ClN5. The van der Waals surface area contributed by atoms with E-state index < -0.39 is 0 Å². The van der Waals surface area contributed by atoms with E-state index in [-0.39, 0.29) is 0 Å². The lowest BCUT2D eigenvalue weighted by molar-refractivity contribution is 0.919. The second-order valence-electron chi connectivity index (χ2n) is 2.27. The Kier molecular flexibility index (Phi) is 2.67. The van der Waals surface area contributed by atoms with Gasteiger partial charge in [-0.05, 0) is 0 Å². The Morgan fingerprint density at radius 1 is 1.58 bits per heavy atom. The van der Waals surface area contributed by atoms with Gasteiger partial charge in [-0.2, -0.15) is 0 Å². The van der Waals surface area contributed by atoms with Crippen molar-refractivity contribution in [2.75, 3.05) is 24.4 Å². The Morgan fingerprint density at radius 2 is 2.25 bits per heavy atom. The van der Waals surface area contributed by atoms with Crippen molar-refractivity contribution in [1.29, 1.82) is 0 Å². The topological polar surface area (TPSA) is 67.1 Å². The summed E-state index contributed by atoms with van der Waals surface area (Å²) in [6.07, 6.45) is 0. The van der Waals surface area contributed by atoms with Crippen molar-refractivity contribution in [3.63, 3.8) is 0 Å². The summed E-state index contributed by atoms with van der Waals surface area (Å²) < 4.78 is 0.